The number of fused-ring (bicyclic) bond motifs is 1. The van der Waals surface area contributed by atoms with Crippen molar-refractivity contribution >= 4 is 17.3 Å². The lowest BCUT2D eigenvalue weighted by atomic mass is 9.90. The van der Waals surface area contributed by atoms with Crippen molar-refractivity contribution in [2.45, 2.75) is 33.1 Å². The molecule has 0 radical (unpaired) electrons. The summed E-state index contributed by atoms with van der Waals surface area (Å²) in [7, 11) is 0. The Morgan fingerprint density at radius 3 is 2.84 bits per heavy atom. The lowest BCUT2D eigenvalue weighted by Crippen LogP contribution is -2.37. The quantitative estimate of drug-likeness (QED) is 0.846. The van der Waals surface area contributed by atoms with Gasteiger partial charge in [0.1, 0.15) is 0 Å². The molecule has 2 rings (SSSR count). The molecule has 0 bridgehead atoms. The number of carbonyl (C=O) groups excluding carboxylic acids is 1. The lowest BCUT2D eigenvalue weighted by Gasteiger charge is -2.31. The third kappa shape index (κ3) is 2.87. The molecule has 1 aromatic carbocycles. The van der Waals surface area contributed by atoms with Gasteiger partial charge in [-0.1, -0.05) is 0 Å². The first-order valence-corrected chi connectivity index (χ1v) is 6.53. The van der Waals surface area contributed by atoms with E-state index in [0.717, 1.165) is 23.4 Å². The molecule has 0 fully saturated rings. The molecular formula is C15H19N3O. The Morgan fingerprint density at radius 2 is 2.16 bits per heavy atom. The summed E-state index contributed by atoms with van der Waals surface area (Å²) in [6.45, 7) is 4.37. The molecule has 0 unspecified atom stereocenters. The maximum atomic E-state index is 12.1. The van der Waals surface area contributed by atoms with E-state index in [1.54, 1.807) is 4.90 Å². The normalized spacial score (nSPS) is 15.0. The molecule has 0 saturated heterocycles. The Balaban J connectivity index is 2.22. The average Bonchev–Trinajstić information content (AvgIpc) is 2.38. The molecule has 0 saturated carbocycles. The van der Waals surface area contributed by atoms with Crippen LogP contribution >= 0.6 is 0 Å². The molecule has 19 heavy (non-hydrogen) atoms. The van der Waals surface area contributed by atoms with Gasteiger partial charge in [-0.2, -0.15) is 5.26 Å². The Bertz CT molecular complexity index is 543. The van der Waals surface area contributed by atoms with Crippen molar-refractivity contribution in [3.63, 3.8) is 0 Å². The number of anilines is 2. The first-order valence-electron chi connectivity index (χ1n) is 6.53. The minimum Gasteiger partial charge on any atom is -0.399 e. The number of rotatable bonds is 3. The van der Waals surface area contributed by atoms with Gasteiger partial charge in [0.2, 0.25) is 5.91 Å². The van der Waals surface area contributed by atoms with Crippen LogP contribution in [0.2, 0.25) is 0 Å². The van der Waals surface area contributed by atoms with Crippen LogP contribution in [0.4, 0.5) is 11.4 Å². The molecular weight excluding hydrogens is 238 g/mol. The molecule has 1 amide bonds. The fraction of sp³-hybridized carbons (Fsp3) is 0.467. The fourth-order valence-corrected chi connectivity index (χ4v) is 2.27. The summed E-state index contributed by atoms with van der Waals surface area (Å²) in [4.78, 5) is 13.8. The highest BCUT2D eigenvalue weighted by Gasteiger charge is 2.26. The van der Waals surface area contributed by atoms with Crippen LogP contribution in [0.1, 0.15) is 32.3 Å². The zero-order valence-electron chi connectivity index (χ0n) is 11.4. The summed E-state index contributed by atoms with van der Waals surface area (Å²) in [5.41, 5.74) is 8.16. The maximum Gasteiger partial charge on any atom is 0.227 e. The van der Waals surface area contributed by atoms with E-state index in [-0.39, 0.29) is 5.91 Å². The Morgan fingerprint density at radius 1 is 1.42 bits per heavy atom. The molecule has 0 aromatic heterocycles. The molecule has 4 heteroatoms. The van der Waals surface area contributed by atoms with E-state index in [1.807, 2.05) is 32.0 Å². The fourth-order valence-electron chi connectivity index (χ4n) is 2.27. The van der Waals surface area contributed by atoms with Crippen molar-refractivity contribution in [1.82, 2.24) is 0 Å². The van der Waals surface area contributed by atoms with Crippen LogP contribution in [0, 0.1) is 16.7 Å². The number of hydrogen-bond donors (Lipinski definition) is 1. The van der Waals surface area contributed by atoms with Crippen LogP contribution in [0.25, 0.3) is 0 Å². The van der Waals surface area contributed by atoms with Crippen molar-refractivity contribution in [1.29, 1.82) is 5.26 Å². The van der Waals surface area contributed by atoms with Gasteiger partial charge in [-0.25, -0.2) is 0 Å². The predicted octanol–water partition coefficient (Wildman–Crippen LogP) is 2.49. The first-order chi connectivity index (χ1) is 8.93. The van der Waals surface area contributed by atoms with Crippen LogP contribution in [-0.4, -0.2) is 12.5 Å². The van der Waals surface area contributed by atoms with Crippen molar-refractivity contribution in [2.75, 3.05) is 17.2 Å². The number of nitrogen functional groups attached to an aromatic ring is 1. The van der Waals surface area contributed by atoms with Gasteiger partial charge in [0.05, 0.1) is 11.5 Å². The van der Waals surface area contributed by atoms with Gasteiger partial charge >= 0.3 is 0 Å². The van der Waals surface area contributed by atoms with E-state index < -0.39 is 5.41 Å². The monoisotopic (exact) mass is 257 g/mol. The van der Waals surface area contributed by atoms with Gasteiger partial charge < -0.3 is 10.6 Å². The molecule has 1 heterocycles. The highest BCUT2D eigenvalue weighted by atomic mass is 16.2. The second kappa shape index (κ2) is 4.93. The Hall–Kier alpha value is -2.02. The molecule has 1 aromatic rings. The van der Waals surface area contributed by atoms with Gasteiger partial charge in [-0.15, -0.1) is 0 Å². The minimum absolute atomic E-state index is 0.131. The van der Waals surface area contributed by atoms with Crippen molar-refractivity contribution in [3.05, 3.63) is 23.8 Å². The number of nitriles is 1. The number of amides is 1. The second-order valence-electron chi connectivity index (χ2n) is 5.68. The molecule has 1 aliphatic heterocycles. The molecule has 2 N–H and O–H groups in total. The van der Waals surface area contributed by atoms with Crippen LogP contribution in [-0.2, 0) is 11.2 Å². The van der Waals surface area contributed by atoms with E-state index >= 15 is 0 Å². The van der Waals surface area contributed by atoms with Crippen molar-refractivity contribution in [2.24, 2.45) is 5.41 Å². The predicted molar refractivity (Wildman–Crippen MR) is 75.5 cm³/mol. The topological polar surface area (TPSA) is 70.1 Å². The van der Waals surface area contributed by atoms with Gasteiger partial charge in [0, 0.05) is 24.3 Å². The van der Waals surface area contributed by atoms with Crippen LogP contribution in [0.5, 0.6) is 0 Å². The third-order valence-electron chi connectivity index (χ3n) is 3.57. The number of carbonyl (C=O) groups is 1. The third-order valence-corrected chi connectivity index (χ3v) is 3.57. The number of aryl methyl sites for hydroxylation is 1. The summed E-state index contributed by atoms with van der Waals surface area (Å²) >= 11 is 0. The summed E-state index contributed by atoms with van der Waals surface area (Å²) in [5, 5.41) is 9.05. The first kappa shape index (κ1) is 13.4. The summed E-state index contributed by atoms with van der Waals surface area (Å²) < 4.78 is 0. The zero-order chi connectivity index (χ0) is 14.0. The standard InChI is InChI=1S/C15H19N3O/c1-15(2,10-16)7-8-18-13-5-4-12(17)9-11(13)3-6-14(18)19/h4-5,9H,3,6-8,17H2,1-2H3. The number of hydrogen-bond acceptors (Lipinski definition) is 3. The largest absolute Gasteiger partial charge is 0.399 e. The average molecular weight is 257 g/mol. The minimum atomic E-state index is -0.411. The van der Waals surface area contributed by atoms with Crippen molar-refractivity contribution < 1.29 is 4.79 Å². The molecule has 0 spiro atoms. The van der Waals surface area contributed by atoms with Crippen LogP contribution < -0.4 is 10.6 Å². The molecule has 0 aliphatic carbocycles. The molecule has 100 valence electrons. The van der Waals surface area contributed by atoms with Gasteiger partial charge in [-0.05, 0) is 50.5 Å². The number of nitrogens with zero attached hydrogens (tertiary/aromatic N) is 2. The number of nitrogens with two attached hydrogens (primary N) is 1. The van der Waals surface area contributed by atoms with Gasteiger partial charge in [-0.3, -0.25) is 4.79 Å². The van der Waals surface area contributed by atoms with Crippen LogP contribution in [0.3, 0.4) is 0 Å². The van der Waals surface area contributed by atoms with E-state index in [4.69, 9.17) is 11.0 Å². The van der Waals surface area contributed by atoms with Crippen molar-refractivity contribution in [3.8, 4) is 6.07 Å². The zero-order valence-corrected chi connectivity index (χ0v) is 11.4. The Labute approximate surface area is 113 Å². The second-order valence-corrected chi connectivity index (χ2v) is 5.68. The van der Waals surface area contributed by atoms with E-state index in [9.17, 15) is 4.79 Å². The van der Waals surface area contributed by atoms with E-state index in [0.29, 0.717) is 19.4 Å². The highest BCUT2D eigenvalue weighted by Crippen LogP contribution is 2.31. The smallest absolute Gasteiger partial charge is 0.227 e. The van der Waals surface area contributed by atoms with Gasteiger partial charge in [0.15, 0.2) is 0 Å². The summed E-state index contributed by atoms with van der Waals surface area (Å²) in [5.74, 6) is 0.131. The molecule has 0 atom stereocenters. The molecule has 1 aliphatic rings. The van der Waals surface area contributed by atoms with Gasteiger partial charge in [0.25, 0.3) is 0 Å². The van der Waals surface area contributed by atoms with Crippen LogP contribution in [0.15, 0.2) is 18.2 Å². The Kier molecular flexibility index (Phi) is 3.48. The molecule has 4 nitrogen and oxygen atoms in total. The van der Waals surface area contributed by atoms with E-state index in [1.165, 1.54) is 0 Å². The summed E-state index contributed by atoms with van der Waals surface area (Å²) in [6.07, 6.45) is 1.93. The lowest BCUT2D eigenvalue weighted by molar-refractivity contribution is -0.118. The van der Waals surface area contributed by atoms with E-state index in [2.05, 4.69) is 6.07 Å². The SMILES string of the molecule is CC(C)(C#N)CCN1C(=O)CCc2cc(N)ccc21. The summed E-state index contributed by atoms with van der Waals surface area (Å²) in [6, 6.07) is 7.93. The number of benzene rings is 1. The highest BCUT2D eigenvalue weighted by molar-refractivity contribution is 5.96. The maximum absolute atomic E-state index is 12.1.